The zero-order valence-electron chi connectivity index (χ0n) is 21.9. The summed E-state index contributed by atoms with van der Waals surface area (Å²) < 4.78 is 6.24. The minimum atomic E-state index is 0.860. The molecule has 0 N–H and O–H groups in total. The summed E-state index contributed by atoms with van der Waals surface area (Å²) in [7, 11) is 0. The zero-order chi connectivity index (χ0) is 26.7. The predicted molar refractivity (Wildman–Crippen MR) is 167 cm³/mol. The number of hydrogen-bond acceptors (Lipinski definition) is 2. The molecule has 0 unspecified atom stereocenters. The number of furan rings is 1. The van der Waals surface area contributed by atoms with Gasteiger partial charge in [-0.2, -0.15) is 0 Å². The number of nitrogens with zero attached hydrogens (tertiary/aromatic N) is 1. The first-order chi connectivity index (χ1) is 19.8. The van der Waals surface area contributed by atoms with Crippen molar-refractivity contribution < 1.29 is 4.42 Å². The monoisotopic (exact) mass is 513 g/mol. The van der Waals surface area contributed by atoms with E-state index in [1.54, 1.807) is 0 Å². The van der Waals surface area contributed by atoms with Gasteiger partial charge in [0.15, 0.2) is 0 Å². The lowest BCUT2D eigenvalue weighted by Gasteiger charge is -2.27. The topological polar surface area (TPSA) is 16.4 Å². The van der Waals surface area contributed by atoms with Crippen LogP contribution < -0.4 is 4.90 Å². The van der Waals surface area contributed by atoms with Crippen LogP contribution in [-0.2, 0) is 0 Å². The standard InChI is InChI=1S/C38H27NO/c1-4-13-28(14-5-1)32-23-33(29-15-6-2-7-16-29)26-36(25-32)39(34-19-8-3-9-20-34)35-21-12-18-30(24-35)38-27-31-17-10-11-22-37(31)40-38/h1-27H. The molecule has 0 saturated heterocycles. The summed E-state index contributed by atoms with van der Waals surface area (Å²) in [5.74, 6) is 0.860. The van der Waals surface area contributed by atoms with Crippen molar-refractivity contribution in [1.29, 1.82) is 0 Å². The molecule has 2 heteroatoms. The van der Waals surface area contributed by atoms with Gasteiger partial charge in [0, 0.05) is 28.0 Å². The van der Waals surface area contributed by atoms with Crippen molar-refractivity contribution in [1.82, 2.24) is 0 Å². The molecule has 1 heterocycles. The first kappa shape index (κ1) is 23.8. The van der Waals surface area contributed by atoms with Crippen molar-refractivity contribution >= 4 is 28.0 Å². The average Bonchev–Trinajstić information content (AvgIpc) is 3.47. The molecule has 0 aliphatic carbocycles. The molecule has 0 bridgehead atoms. The van der Waals surface area contributed by atoms with Crippen molar-refractivity contribution in [3.8, 4) is 33.6 Å². The maximum Gasteiger partial charge on any atom is 0.135 e. The third-order valence-electron chi connectivity index (χ3n) is 7.22. The average molecular weight is 514 g/mol. The summed E-state index contributed by atoms with van der Waals surface area (Å²) in [5, 5.41) is 1.10. The lowest BCUT2D eigenvalue weighted by atomic mass is 9.97. The van der Waals surface area contributed by atoms with Gasteiger partial charge >= 0.3 is 0 Å². The van der Waals surface area contributed by atoms with Crippen LogP contribution in [-0.4, -0.2) is 0 Å². The van der Waals surface area contributed by atoms with Crippen LogP contribution in [0.5, 0.6) is 0 Å². The van der Waals surface area contributed by atoms with E-state index >= 15 is 0 Å². The minimum absolute atomic E-state index is 0.860. The number of rotatable bonds is 6. The SMILES string of the molecule is c1ccc(-c2cc(-c3ccccc3)cc(N(c3ccccc3)c3cccc(-c4cc5ccccc5o4)c3)c2)cc1. The van der Waals surface area contributed by atoms with Crippen molar-refractivity contribution in [2.45, 2.75) is 0 Å². The van der Waals surface area contributed by atoms with E-state index in [-0.39, 0.29) is 0 Å². The number of hydrogen-bond donors (Lipinski definition) is 0. The molecule has 6 aromatic carbocycles. The molecule has 7 aromatic rings. The Morgan fingerprint density at radius 2 is 0.875 bits per heavy atom. The van der Waals surface area contributed by atoms with Crippen LogP contribution >= 0.6 is 0 Å². The molecule has 1 aromatic heterocycles. The second-order valence-corrected chi connectivity index (χ2v) is 9.87. The molecule has 0 saturated carbocycles. The maximum atomic E-state index is 6.24. The summed E-state index contributed by atoms with van der Waals surface area (Å²) >= 11 is 0. The van der Waals surface area contributed by atoms with Crippen LogP contribution in [0, 0.1) is 0 Å². The van der Waals surface area contributed by atoms with Gasteiger partial charge in [0.1, 0.15) is 11.3 Å². The Morgan fingerprint density at radius 1 is 0.350 bits per heavy atom. The van der Waals surface area contributed by atoms with E-state index in [0.29, 0.717) is 0 Å². The Balaban J connectivity index is 1.42. The number of fused-ring (bicyclic) bond motifs is 1. The molecule has 0 spiro atoms. The van der Waals surface area contributed by atoms with Crippen LogP contribution in [0.4, 0.5) is 17.1 Å². The van der Waals surface area contributed by atoms with Crippen molar-refractivity contribution in [2.24, 2.45) is 0 Å². The van der Waals surface area contributed by atoms with Gasteiger partial charge in [0.25, 0.3) is 0 Å². The molecule has 190 valence electrons. The van der Waals surface area contributed by atoms with Crippen LogP contribution in [0.15, 0.2) is 168 Å². The van der Waals surface area contributed by atoms with E-state index in [4.69, 9.17) is 4.42 Å². The second kappa shape index (κ2) is 10.4. The predicted octanol–water partition coefficient (Wildman–Crippen LogP) is 10.9. The van der Waals surface area contributed by atoms with Crippen molar-refractivity contribution in [2.75, 3.05) is 4.90 Å². The summed E-state index contributed by atoms with van der Waals surface area (Å²) in [6, 6.07) is 57.4. The van der Waals surface area contributed by atoms with Crippen LogP contribution in [0.3, 0.4) is 0 Å². The first-order valence-corrected chi connectivity index (χ1v) is 13.5. The Bertz CT molecular complexity index is 1800. The third kappa shape index (κ3) is 4.68. The van der Waals surface area contributed by atoms with Crippen LogP contribution in [0.25, 0.3) is 44.5 Å². The van der Waals surface area contributed by atoms with Gasteiger partial charge in [-0.25, -0.2) is 0 Å². The highest BCUT2D eigenvalue weighted by atomic mass is 16.3. The number of benzene rings is 6. The van der Waals surface area contributed by atoms with Gasteiger partial charge in [-0.1, -0.05) is 109 Å². The Hall–Kier alpha value is -5.34. The van der Waals surface area contributed by atoms with Gasteiger partial charge in [-0.05, 0) is 76.9 Å². The molecule has 0 aliphatic heterocycles. The molecular formula is C38H27NO. The van der Waals surface area contributed by atoms with Gasteiger partial charge < -0.3 is 9.32 Å². The fourth-order valence-corrected chi connectivity index (χ4v) is 5.28. The Kier molecular flexibility index (Phi) is 6.20. The molecule has 0 aliphatic rings. The lowest BCUT2D eigenvalue weighted by molar-refractivity contribution is 0.631. The van der Waals surface area contributed by atoms with Crippen molar-refractivity contribution in [3.63, 3.8) is 0 Å². The van der Waals surface area contributed by atoms with Crippen molar-refractivity contribution in [3.05, 3.63) is 164 Å². The van der Waals surface area contributed by atoms with Crippen LogP contribution in [0.2, 0.25) is 0 Å². The summed E-state index contributed by atoms with van der Waals surface area (Å²) in [4.78, 5) is 2.32. The summed E-state index contributed by atoms with van der Waals surface area (Å²) in [6.45, 7) is 0. The highest BCUT2D eigenvalue weighted by Crippen LogP contribution is 2.41. The molecule has 40 heavy (non-hydrogen) atoms. The van der Waals surface area contributed by atoms with E-state index in [1.807, 2.05) is 18.2 Å². The number of para-hydroxylation sites is 2. The Labute approximate surface area is 234 Å². The zero-order valence-corrected chi connectivity index (χ0v) is 21.9. The quantitative estimate of drug-likeness (QED) is 0.220. The van der Waals surface area contributed by atoms with E-state index in [9.17, 15) is 0 Å². The molecular weight excluding hydrogens is 486 g/mol. The van der Waals surface area contributed by atoms with E-state index in [0.717, 1.165) is 39.4 Å². The van der Waals surface area contributed by atoms with E-state index in [2.05, 4.69) is 150 Å². The van der Waals surface area contributed by atoms with E-state index in [1.165, 1.54) is 22.3 Å². The molecule has 0 amide bonds. The Morgan fingerprint density at radius 3 is 1.52 bits per heavy atom. The largest absolute Gasteiger partial charge is 0.456 e. The van der Waals surface area contributed by atoms with Gasteiger partial charge in [-0.15, -0.1) is 0 Å². The maximum absolute atomic E-state index is 6.24. The molecule has 2 nitrogen and oxygen atoms in total. The van der Waals surface area contributed by atoms with Crippen LogP contribution in [0.1, 0.15) is 0 Å². The summed E-state index contributed by atoms with van der Waals surface area (Å²) in [5.41, 5.74) is 9.90. The summed E-state index contributed by atoms with van der Waals surface area (Å²) in [6.07, 6.45) is 0. The third-order valence-corrected chi connectivity index (χ3v) is 7.22. The smallest absolute Gasteiger partial charge is 0.135 e. The number of anilines is 3. The molecule has 0 atom stereocenters. The molecule has 0 fully saturated rings. The van der Waals surface area contributed by atoms with E-state index < -0.39 is 0 Å². The fraction of sp³-hybridized carbons (Fsp3) is 0. The molecule has 0 radical (unpaired) electrons. The van der Waals surface area contributed by atoms with Gasteiger partial charge in [-0.3, -0.25) is 0 Å². The lowest BCUT2D eigenvalue weighted by Crippen LogP contribution is -2.10. The first-order valence-electron chi connectivity index (χ1n) is 13.5. The fourth-order valence-electron chi connectivity index (χ4n) is 5.28. The molecule has 7 rings (SSSR count). The highest BCUT2D eigenvalue weighted by molar-refractivity contribution is 5.87. The normalized spacial score (nSPS) is 11.0. The second-order valence-electron chi connectivity index (χ2n) is 9.87. The van der Waals surface area contributed by atoms with Gasteiger partial charge in [0.2, 0.25) is 0 Å². The van der Waals surface area contributed by atoms with Gasteiger partial charge in [0.05, 0.1) is 0 Å². The highest BCUT2D eigenvalue weighted by Gasteiger charge is 2.17. The minimum Gasteiger partial charge on any atom is -0.456 e.